The molecule has 0 radical (unpaired) electrons. The lowest BCUT2D eigenvalue weighted by Gasteiger charge is -2.18. The highest BCUT2D eigenvalue weighted by molar-refractivity contribution is 6.13. The molecule has 0 bridgehead atoms. The summed E-state index contributed by atoms with van der Waals surface area (Å²) in [6, 6.07) is 5.29. The van der Waals surface area contributed by atoms with Crippen LogP contribution < -0.4 is 20.5 Å². The van der Waals surface area contributed by atoms with Crippen LogP contribution in [0.3, 0.4) is 0 Å². The third kappa shape index (κ3) is 4.57. The van der Waals surface area contributed by atoms with Crippen LogP contribution in [0.4, 0.5) is 5.95 Å². The summed E-state index contributed by atoms with van der Waals surface area (Å²) in [5.41, 5.74) is 7.32. The number of nitrogens with two attached hydrogens (primary N) is 1. The van der Waals surface area contributed by atoms with Gasteiger partial charge in [0.05, 0.1) is 19.8 Å². The lowest BCUT2D eigenvalue weighted by atomic mass is 9.89. The van der Waals surface area contributed by atoms with E-state index in [1.807, 2.05) is 0 Å². The van der Waals surface area contributed by atoms with Gasteiger partial charge >= 0.3 is 5.97 Å². The fourth-order valence-corrected chi connectivity index (χ4v) is 4.33. The lowest BCUT2D eigenvalue weighted by molar-refractivity contribution is -0.126. The van der Waals surface area contributed by atoms with E-state index in [0.717, 1.165) is 25.0 Å². The van der Waals surface area contributed by atoms with Gasteiger partial charge in [-0.15, -0.1) is 0 Å². The van der Waals surface area contributed by atoms with E-state index in [9.17, 15) is 9.59 Å². The maximum Gasteiger partial charge on any atom is 0.340 e. The van der Waals surface area contributed by atoms with E-state index in [1.165, 1.54) is 14.2 Å². The van der Waals surface area contributed by atoms with Crippen LogP contribution in [0.5, 0.6) is 11.5 Å². The summed E-state index contributed by atoms with van der Waals surface area (Å²) in [7, 11) is 3.08. The summed E-state index contributed by atoms with van der Waals surface area (Å²) in [6.07, 6.45) is 2.11. The summed E-state index contributed by atoms with van der Waals surface area (Å²) < 4.78 is 16.2. The van der Waals surface area contributed by atoms with Crippen molar-refractivity contribution in [2.24, 2.45) is 5.73 Å². The number of carbonyl (C=O) groups is 2. The number of ether oxygens (including phenoxy) is 3. The Labute approximate surface area is 203 Å². The number of hydrogen-bond donors (Lipinski definition) is 2. The second-order valence-electron chi connectivity index (χ2n) is 8.08. The standard InChI is InChI=1S/C25H29N5O5/c1-5-30(6-2)8-7-27-25-28-12-15(13-29-25)20-16-11-19(34-4)18(33-3)10-14(16)9-17-21(20)24(32)35-22(17)23(26)31/h9-13,22H,5-8H2,1-4H3,(H2,26,31)(H,27,28,29). The second-order valence-corrected chi connectivity index (χ2v) is 8.08. The SMILES string of the molecule is CCN(CC)CCNc1ncc(-c2c3c(cc4cc(OC)c(OC)cc24)C(C(N)=O)OC3=O)cn1. The van der Waals surface area contributed by atoms with Gasteiger partial charge < -0.3 is 30.2 Å². The summed E-state index contributed by atoms with van der Waals surface area (Å²) in [5, 5.41) is 4.65. The van der Waals surface area contributed by atoms with Gasteiger partial charge in [-0.1, -0.05) is 13.8 Å². The predicted molar refractivity (Wildman–Crippen MR) is 132 cm³/mol. The summed E-state index contributed by atoms with van der Waals surface area (Å²) in [5.74, 6) is 0.115. The topological polar surface area (TPSA) is 129 Å². The summed E-state index contributed by atoms with van der Waals surface area (Å²) >= 11 is 0. The molecule has 1 aromatic heterocycles. The molecule has 10 heteroatoms. The number of methoxy groups -OCH3 is 2. The molecule has 10 nitrogen and oxygen atoms in total. The number of rotatable bonds is 10. The summed E-state index contributed by atoms with van der Waals surface area (Å²) in [6.45, 7) is 7.76. The van der Waals surface area contributed by atoms with Crippen molar-refractivity contribution in [1.29, 1.82) is 0 Å². The molecule has 3 aromatic rings. The molecule has 3 N–H and O–H groups in total. The van der Waals surface area contributed by atoms with E-state index in [0.29, 0.717) is 46.1 Å². The second kappa shape index (κ2) is 10.1. The Kier molecular flexibility index (Phi) is 7.02. The Hall–Kier alpha value is -3.92. The Bertz CT molecular complexity index is 1260. The normalized spacial score (nSPS) is 14.7. The van der Waals surface area contributed by atoms with E-state index in [2.05, 4.69) is 34.0 Å². The molecule has 0 saturated heterocycles. The van der Waals surface area contributed by atoms with E-state index in [-0.39, 0.29) is 5.56 Å². The first-order valence-electron chi connectivity index (χ1n) is 11.4. The lowest BCUT2D eigenvalue weighted by Crippen LogP contribution is -2.28. The Morgan fingerprint density at radius 3 is 2.34 bits per heavy atom. The largest absolute Gasteiger partial charge is 0.493 e. The highest BCUT2D eigenvalue weighted by Gasteiger charge is 2.38. The van der Waals surface area contributed by atoms with Crippen molar-refractivity contribution >= 4 is 28.6 Å². The van der Waals surface area contributed by atoms with Crippen LogP contribution in [-0.2, 0) is 9.53 Å². The molecule has 1 atom stereocenters. The smallest absolute Gasteiger partial charge is 0.340 e. The Balaban J connectivity index is 1.80. The number of nitrogens with one attached hydrogen (secondary N) is 1. The van der Waals surface area contributed by atoms with Crippen molar-refractivity contribution in [3.8, 4) is 22.6 Å². The van der Waals surface area contributed by atoms with Gasteiger partial charge in [-0.25, -0.2) is 14.8 Å². The molecule has 2 aromatic carbocycles. The van der Waals surface area contributed by atoms with Crippen molar-refractivity contribution < 1.29 is 23.8 Å². The fourth-order valence-electron chi connectivity index (χ4n) is 4.33. The number of benzene rings is 2. The highest BCUT2D eigenvalue weighted by atomic mass is 16.6. The first-order valence-corrected chi connectivity index (χ1v) is 11.4. The van der Waals surface area contributed by atoms with E-state index < -0.39 is 18.0 Å². The number of likely N-dealkylation sites (N-methyl/N-ethyl adjacent to an activating group) is 1. The van der Waals surface area contributed by atoms with Crippen LogP contribution in [0.15, 0.2) is 30.6 Å². The molecule has 1 aliphatic heterocycles. The monoisotopic (exact) mass is 479 g/mol. The van der Waals surface area contributed by atoms with Gasteiger partial charge in [-0.2, -0.15) is 0 Å². The van der Waals surface area contributed by atoms with E-state index in [1.54, 1.807) is 30.6 Å². The van der Waals surface area contributed by atoms with Crippen LogP contribution in [0.2, 0.25) is 0 Å². The molecule has 0 fully saturated rings. The molecule has 0 saturated carbocycles. The van der Waals surface area contributed by atoms with Crippen molar-refractivity contribution in [2.45, 2.75) is 20.0 Å². The van der Waals surface area contributed by atoms with Gasteiger partial charge in [0.1, 0.15) is 0 Å². The van der Waals surface area contributed by atoms with Gasteiger partial charge in [-0.3, -0.25) is 4.79 Å². The van der Waals surface area contributed by atoms with Crippen LogP contribution >= 0.6 is 0 Å². The minimum absolute atomic E-state index is 0.263. The van der Waals surface area contributed by atoms with Crippen LogP contribution in [0, 0.1) is 0 Å². The fraction of sp³-hybridized carbons (Fsp3) is 0.360. The molecule has 1 aliphatic rings. The van der Waals surface area contributed by atoms with Crippen molar-refractivity contribution in [1.82, 2.24) is 14.9 Å². The zero-order valence-electron chi connectivity index (χ0n) is 20.3. The number of cyclic esters (lactones) is 1. The molecule has 4 rings (SSSR count). The maximum absolute atomic E-state index is 12.9. The van der Waals surface area contributed by atoms with Gasteiger partial charge in [0.25, 0.3) is 5.91 Å². The molecule has 35 heavy (non-hydrogen) atoms. The van der Waals surface area contributed by atoms with E-state index >= 15 is 0 Å². The van der Waals surface area contributed by atoms with E-state index in [4.69, 9.17) is 19.9 Å². The number of fused-ring (bicyclic) bond motifs is 2. The maximum atomic E-state index is 12.9. The number of hydrogen-bond acceptors (Lipinski definition) is 9. The van der Waals surface area contributed by atoms with Crippen LogP contribution in [0.25, 0.3) is 21.9 Å². The first kappa shape index (κ1) is 24.2. The number of aromatic nitrogens is 2. The third-order valence-corrected chi connectivity index (χ3v) is 6.19. The number of anilines is 1. The highest BCUT2D eigenvalue weighted by Crippen LogP contribution is 2.44. The summed E-state index contributed by atoms with van der Waals surface area (Å²) in [4.78, 5) is 36.1. The van der Waals surface area contributed by atoms with Crippen LogP contribution in [0.1, 0.15) is 35.9 Å². The van der Waals surface area contributed by atoms with Crippen molar-refractivity contribution in [3.63, 3.8) is 0 Å². The zero-order chi connectivity index (χ0) is 25.1. The number of amides is 1. The Morgan fingerprint density at radius 1 is 1.09 bits per heavy atom. The van der Waals surface area contributed by atoms with Crippen LogP contribution in [-0.4, -0.2) is 67.1 Å². The van der Waals surface area contributed by atoms with Gasteiger partial charge in [0, 0.05) is 42.2 Å². The van der Waals surface area contributed by atoms with Gasteiger partial charge in [0.2, 0.25) is 12.1 Å². The predicted octanol–water partition coefficient (Wildman–Crippen LogP) is 2.76. The zero-order valence-corrected chi connectivity index (χ0v) is 20.3. The number of carbonyl (C=O) groups excluding carboxylic acids is 2. The average molecular weight is 480 g/mol. The molecule has 1 unspecified atom stereocenters. The minimum Gasteiger partial charge on any atom is -0.493 e. The number of esters is 1. The minimum atomic E-state index is -1.17. The van der Waals surface area contributed by atoms with Crippen molar-refractivity contribution in [3.05, 3.63) is 41.7 Å². The number of nitrogens with zero attached hydrogens (tertiary/aromatic N) is 3. The third-order valence-electron chi connectivity index (χ3n) is 6.19. The molecule has 184 valence electrons. The van der Waals surface area contributed by atoms with Gasteiger partial charge in [-0.05, 0) is 42.1 Å². The average Bonchev–Trinajstić information content (AvgIpc) is 3.21. The molecular weight excluding hydrogens is 450 g/mol. The molecule has 2 heterocycles. The number of primary amides is 1. The molecular formula is C25H29N5O5. The molecule has 1 amide bonds. The Morgan fingerprint density at radius 2 is 1.74 bits per heavy atom. The molecule has 0 spiro atoms. The first-order chi connectivity index (χ1) is 16.9. The van der Waals surface area contributed by atoms with Crippen molar-refractivity contribution in [2.75, 3.05) is 45.7 Å². The quantitative estimate of drug-likeness (QED) is 0.422. The van der Waals surface area contributed by atoms with Gasteiger partial charge in [0.15, 0.2) is 11.5 Å². The molecule has 0 aliphatic carbocycles.